The fourth-order valence-corrected chi connectivity index (χ4v) is 3.70. The molecule has 1 amide bonds. The summed E-state index contributed by atoms with van der Waals surface area (Å²) in [5.74, 6) is 0.0522. The van der Waals surface area contributed by atoms with E-state index < -0.39 is 0 Å². The molecule has 1 aliphatic rings. The van der Waals surface area contributed by atoms with Gasteiger partial charge in [-0.1, -0.05) is 17.8 Å². The van der Waals surface area contributed by atoms with Gasteiger partial charge in [-0.3, -0.25) is 9.20 Å². The van der Waals surface area contributed by atoms with Crippen LogP contribution < -0.4 is 10.1 Å². The van der Waals surface area contributed by atoms with E-state index in [1.807, 2.05) is 35.1 Å². The first-order chi connectivity index (χ1) is 13.2. The molecule has 1 aliphatic heterocycles. The zero-order valence-corrected chi connectivity index (χ0v) is 15.5. The van der Waals surface area contributed by atoms with Crippen molar-refractivity contribution < 1.29 is 18.7 Å². The molecule has 0 unspecified atom stereocenters. The van der Waals surface area contributed by atoms with E-state index in [0.717, 1.165) is 10.7 Å². The standard InChI is InChI=1S/C19H18FN3O3S/c1-27-19-22-16(15-4-2-3-7-23(15)19)18(24)21-6-5-12-8-14(20)9-13-10-25-11-26-17(12)13/h2-4,7-9H,5-6,10-11H2,1H3,(H,21,24). The van der Waals surface area contributed by atoms with Crippen LogP contribution >= 0.6 is 11.8 Å². The maximum Gasteiger partial charge on any atom is 0.272 e. The van der Waals surface area contributed by atoms with Crippen molar-refractivity contribution in [2.24, 2.45) is 0 Å². The van der Waals surface area contributed by atoms with Gasteiger partial charge >= 0.3 is 0 Å². The van der Waals surface area contributed by atoms with Gasteiger partial charge in [-0.25, -0.2) is 9.37 Å². The quantitative estimate of drug-likeness (QED) is 0.682. The van der Waals surface area contributed by atoms with Crippen molar-refractivity contribution >= 4 is 23.2 Å². The second-order valence-electron chi connectivity index (χ2n) is 6.07. The van der Waals surface area contributed by atoms with E-state index in [1.165, 1.54) is 23.9 Å². The first kappa shape index (κ1) is 17.8. The van der Waals surface area contributed by atoms with Crippen LogP contribution in [0.3, 0.4) is 0 Å². The maximum atomic E-state index is 13.8. The number of aromatic nitrogens is 2. The van der Waals surface area contributed by atoms with Gasteiger partial charge in [0.15, 0.2) is 17.6 Å². The predicted molar refractivity (Wildman–Crippen MR) is 99.7 cm³/mol. The van der Waals surface area contributed by atoms with Crippen LogP contribution in [-0.4, -0.2) is 34.9 Å². The molecule has 27 heavy (non-hydrogen) atoms. The summed E-state index contributed by atoms with van der Waals surface area (Å²) in [7, 11) is 0. The second kappa shape index (κ2) is 7.58. The SMILES string of the molecule is CSc1nc(C(=O)NCCc2cc(F)cc3c2OCOC3)c2ccccn12. The molecule has 140 valence electrons. The van der Waals surface area contributed by atoms with Gasteiger partial charge < -0.3 is 14.8 Å². The average Bonchev–Trinajstić information content (AvgIpc) is 3.06. The molecule has 0 fully saturated rings. The molecule has 0 saturated carbocycles. The number of thioether (sulfide) groups is 1. The van der Waals surface area contributed by atoms with E-state index in [1.54, 1.807) is 0 Å². The Morgan fingerprint density at radius 3 is 3.15 bits per heavy atom. The first-order valence-corrected chi connectivity index (χ1v) is 9.71. The van der Waals surface area contributed by atoms with Crippen molar-refractivity contribution in [3.05, 3.63) is 59.2 Å². The topological polar surface area (TPSA) is 64.9 Å². The monoisotopic (exact) mass is 387 g/mol. The Balaban J connectivity index is 1.49. The highest BCUT2D eigenvalue weighted by molar-refractivity contribution is 7.98. The van der Waals surface area contributed by atoms with Crippen molar-refractivity contribution in [1.29, 1.82) is 0 Å². The lowest BCUT2D eigenvalue weighted by Gasteiger charge is -2.20. The van der Waals surface area contributed by atoms with Gasteiger partial charge in [0.05, 0.1) is 12.1 Å². The number of amides is 1. The largest absolute Gasteiger partial charge is 0.467 e. The van der Waals surface area contributed by atoms with Crippen LogP contribution in [0, 0.1) is 5.82 Å². The molecule has 0 bridgehead atoms. The van der Waals surface area contributed by atoms with Gasteiger partial charge in [-0.05, 0) is 42.5 Å². The molecule has 1 aromatic carbocycles. The van der Waals surface area contributed by atoms with E-state index in [4.69, 9.17) is 9.47 Å². The number of carbonyl (C=O) groups excluding carboxylic acids is 1. The summed E-state index contributed by atoms with van der Waals surface area (Å²) in [5.41, 5.74) is 2.54. The summed E-state index contributed by atoms with van der Waals surface area (Å²) in [6.07, 6.45) is 4.25. The summed E-state index contributed by atoms with van der Waals surface area (Å²) in [6.45, 7) is 0.820. The smallest absolute Gasteiger partial charge is 0.272 e. The molecule has 0 atom stereocenters. The third-order valence-corrected chi connectivity index (χ3v) is 5.00. The zero-order chi connectivity index (χ0) is 18.8. The van der Waals surface area contributed by atoms with Gasteiger partial charge in [0.2, 0.25) is 0 Å². The van der Waals surface area contributed by atoms with Crippen molar-refractivity contribution in [3.63, 3.8) is 0 Å². The summed E-state index contributed by atoms with van der Waals surface area (Å²) in [5, 5.41) is 3.62. The van der Waals surface area contributed by atoms with Gasteiger partial charge in [0.25, 0.3) is 5.91 Å². The van der Waals surface area contributed by atoms with Crippen LogP contribution in [0.15, 0.2) is 41.7 Å². The number of fused-ring (bicyclic) bond motifs is 2. The van der Waals surface area contributed by atoms with E-state index in [9.17, 15) is 9.18 Å². The van der Waals surface area contributed by atoms with Crippen LogP contribution in [0.5, 0.6) is 5.75 Å². The zero-order valence-electron chi connectivity index (χ0n) is 14.7. The normalized spacial score (nSPS) is 13.3. The molecular formula is C19H18FN3O3S. The molecule has 3 aromatic rings. The summed E-state index contributed by atoms with van der Waals surface area (Å²) >= 11 is 1.48. The Morgan fingerprint density at radius 2 is 2.30 bits per heavy atom. The van der Waals surface area contributed by atoms with E-state index in [-0.39, 0.29) is 18.5 Å². The third kappa shape index (κ3) is 3.50. The number of hydrogen-bond acceptors (Lipinski definition) is 5. The number of pyridine rings is 1. The molecule has 6 nitrogen and oxygen atoms in total. The third-order valence-electron chi connectivity index (χ3n) is 4.35. The molecule has 2 aromatic heterocycles. The highest BCUT2D eigenvalue weighted by Gasteiger charge is 2.19. The van der Waals surface area contributed by atoms with Crippen molar-refractivity contribution in [2.75, 3.05) is 19.6 Å². The summed E-state index contributed by atoms with van der Waals surface area (Å²) in [6, 6.07) is 8.48. The van der Waals surface area contributed by atoms with Crippen LogP contribution in [0.2, 0.25) is 0 Å². The fraction of sp³-hybridized carbons (Fsp3) is 0.263. The molecule has 3 heterocycles. The van der Waals surface area contributed by atoms with Crippen LogP contribution in [0.25, 0.3) is 5.52 Å². The Hall–Kier alpha value is -2.58. The van der Waals surface area contributed by atoms with Gasteiger partial charge in [0.1, 0.15) is 11.6 Å². The summed E-state index contributed by atoms with van der Waals surface area (Å²) < 4.78 is 26.4. The van der Waals surface area contributed by atoms with Crippen LogP contribution in [0.1, 0.15) is 21.6 Å². The lowest BCUT2D eigenvalue weighted by atomic mass is 10.1. The Bertz CT molecular complexity index is 1010. The molecule has 1 N–H and O–H groups in total. The first-order valence-electron chi connectivity index (χ1n) is 8.48. The minimum absolute atomic E-state index is 0.149. The van der Waals surface area contributed by atoms with E-state index >= 15 is 0 Å². The number of ether oxygens (including phenoxy) is 2. The van der Waals surface area contributed by atoms with Gasteiger partial charge in [-0.15, -0.1) is 0 Å². The number of benzene rings is 1. The average molecular weight is 387 g/mol. The number of nitrogens with zero attached hydrogens (tertiary/aromatic N) is 2. The van der Waals surface area contributed by atoms with Crippen molar-refractivity contribution in [2.45, 2.75) is 18.2 Å². The molecule has 0 aliphatic carbocycles. The second-order valence-corrected chi connectivity index (χ2v) is 6.85. The van der Waals surface area contributed by atoms with E-state index in [2.05, 4.69) is 10.3 Å². The highest BCUT2D eigenvalue weighted by Crippen LogP contribution is 2.29. The number of imidazole rings is 1. The minimum atomic E-state index is -0.339. The molecule has 0 saturated heterocycles. The van der Waals surface area contributed by atoms with Crippen molar-refractivity contribution in [1.82, 2.24) is 14.7 Å². The van der Waals surface area contributed by atoms with Gasteiger partial charge in [0, 0.05) is 18.3 Å². The lowest BCUT2D eigenvalue weighted by molar-refractivity contribution is -0.0172. The Labute approximate surface area is 159 Å². The number of hydrogen-bond donors (Lipinski definition) is 1. The molecular weight excluding hydrogens is 369 g/mol. The molecule has 4 rings (SSSR count). The minimum Gasteiger partial charge on any atom is -0.467 e. The maximum absolute atomic E-state index is 13.8. The van der Waals surface area contributed by atoms with Crippen LogP contribution in [-0.2, 0) is 17.8 Å². The molecule has 0 spiro atoms. The van der Waals surface area contributed by atoms with E-state index in [0.29, 0.717) is 42.1 Å². The van der Waals surface area contributed by atoms with Crippen LogP contribution in [0.4, 0.5) is 4.39 Å². The lowest BCUT2D eigenvalue weighted by Crippen LogP contribution is -2.26. The predicted octanol–water partition coefficient (Wildman–Crippen LogP) is 3.03. The summed E-state index contributed by atoms with van der Waals surface area (Å²) in [4.78, 5) is 17.0. The van der Waals surface area contributed by atoms with Crippen molar-refractivity contribution in [3.8, 4) is 5.75 Å². The Kier molecular flexibility index (Phi) is 5.00. The van der Waals surface area contributed by atoms with Gasteiger partial charge in [-0.2, -0.15) is 0 Å². The highest BCUT2D eigenvalue weighted by atomic mass is 32.2. The number of halogens is 1. The number of carbonyl (C=O) groups is 1. The number of rotatable bonds is 5. The fourth-order valence-electron chi connectivity index (χ4n) is 3.16. The molecule has 0 radical (unpaired) electrons. The number of nitrogens with one attached hydrogen (secondary N) is 1. The molecule has 8 heteroatoms. The Morgan fingerprint density at radius 1 is 1.41 bits per heavy atom.